The monoisotopic (exact) mass is 332 g/mol. The fourth-order valence-electron chi connectivity index (χ4n) is 2.41. The van der Waals surface area contributed by atoms with Crippen molar-refractivity contribution in [1.29, 1.82) is 0 Å². The first kappa shape index (κ1) is 16.7. The van der Waals surface area contributed by atoms with Crippen LogP contribution in [0, 0.1) is 6.92 Å². The second kappa shape index (κ2) is 8.11. The average Bonchev–Trinajstić information content (AvgIpc) is 2.64. The summed E-state index contributed by atoms with van der Waals surface area (Å²) in [5.41, 5.74) is 2.88. The summed E-state index contributed by atoms with van der Waals surface area (Å²) in [5.74, 6) is 1.31. The lowest BCUT2D eigenvalue weighted by molar-refractivity contribution is -0.116. The SMILES string of the molecule is Cc1ccc(Oc2ccccc2NC(=O)CCc2cccnc2)cc1. The Labute approximate surface area is 147 Å². The maximum atomic E-state index is 12.2. The predicted molar refractivity (Wildman–Crippen MR) is 98.9 cm³/mol. The molecule has 4 heteroatoms. The van der Waals surface area contributed by atoms with E-state index in [0.29, 0.717) is 24.3 Å². The van der Waals surface area contributed by atoms with Gasteiger partial charge in [-0.3, -0.25) is 9.78 Å². The summed E-state index contributed by atoms with van der Waals surface area (Å²) < 4.78 is 5.90. The molecule has 1 amide bonds. The van der Waals surface area contributed by atoms with Crippen LogP contribution in [0.25, 0.3) is 0 Å². The molecular weight excluding hydrogens is 312 g/mol. The van der Waals surface area contributed by atoms with E-state index >= 15 is 0 Å². The van der Waals surface area contributed by atoms with Crippen molar-refractivity contribution in [1.82, 2.24) is 4.98 Å². The second-order valence-electron chi connectivity index (χ2n) is 5.82. The fourth-order valence-corrected chi connectivity index (χ4v) is 2.41. The Bertz CT molecular complexity index is 830. The Morgan fingerprint density at radius 3 is 2.60 bits per heavy atom. The fraction of sp³-hybridized carbons (Fsp3) is 0.143. The number of pyridine rings is 1. The number of nitrogens with zero attached hydrogens (tertiary/aromatic N) is 1. The van der Waals surface area contributed by atoms with Gasteiger partial charge in [-0.1, -0.05) is 35.9 Å². The Morgan fingerprint density at radius 1 is 1.04 bits per heavy atom. The highest BCUT2D eigenvalue weighted by Crippen LogP contribution is 2.29. The first-order valence-electron chi connectivity index (χ1n) is 8.23. The minimum atomic E-state index is -0.0520. The van der Waals surface area contributed by atoms with Crippen molar-refractivity contribution in [2.75, 3.05) is 5.32 Å². The first-order chi connectivity index (χ1) is 12.2. The van der Waals surface area contributed by atoms with Crippen LogP contribution in [0.15, 0.2) is 73.1 Å². The number of aryl methyl sites for hydroxylation is 2. The molecule has 3 rings (SSSR count). The largest absolute Gasteiger partial charge is 0.455 e. The summed E-state index contributed by atoms with van der Waals surface area (Å²) >= 11 is 0. The van der Waals surface area contributed by atoms with Crippen molar-refractivity contribution in [3.05, 3.63) is 84.2 Å². The molecule has 0 bridgehead atoms. The quantitative estimate of drug-likeness (QED) is 0.708. The number of rotatable bonds is 6. The van der Waals surface area contributed by atoms with Gasteiger partial charge in [-0.2, -0.15) is 0 Å². The molecular formula is C21H20N2O2. The molecule has 0 fully saturated rings. The lowest BCUT2D eigenvalue weighted by Crippen LogP contribution is -2.13. The van der Waals surface area contributed by atoms with Crippen LogP contribution in [0.4, 0.5) is 5.69 Å². The molecule has 0 spiro atoms. The van der Waals surface area contributed by atoms with Crippen molar-refractivity contribution in [2.24, 2.45) is 0 Å². The van der Waals surface area contributed by atoms with Crippen molar-refractivity contribution in [3.8, 4) is 11.5 Å². The number of nitrogens with one attached hydrogen (secondary N) is 1. The molecule has 0 saturated heterocycles. The van der Waals surface area contributed by atoms with Gasteiger partial charge < -0.3 is 10.1 Å². The van der Waals surface area contributed by atoms with E-state index in [9.17, 15) is 4.79 Å². The second-order valence-corrected chi connectivity index (χ2v) is 5.82. The molecule has 0 radical (unpaired) electrons. The third kappa shape index (κ3) is 4.91. The Hall–Kier alpha value is -3.14. The number of amides is 1. The van der Waals surface area contributed by atoms with Gasteiger partial charge in [0.05, 0.1) is 5.69 Å². The van der Waals surface area contributed by atoms with Crippen molar-refractivity contribution < 1.29 is 9.53 Å². The number of anilines is 1. The van der Waals surface area contributed by atoms with E-state index in [2.05, 4.69) is 10.3 Å². The van der Waals surface area contributed by atoms with Crippen molar-refractivity contribution >= 4 is 11.6 Å². The normalized spacial score (nSPS) is 10.3. The zero-order valence-electron chi connectivity index (χ0n) is 14.1. The number of carbonyl (C=O) groups excluding carboxylic acids is 1. The lowest BCUT2D eigenvalue weighted by atomic mass is 10.1. The minimum absolute atomic E-state index is 0.0520. The van der Waals surface area contributed by atoms with Crippen LogP contribution in [0.1, 0.15) is 17.5 Å². The molecule has 4 nitrogen and oxygen atoms in total. The number of aromatic nitrogens is 1. The minimum Gasteiger partial charge on any atom is -0.455 e. The van der Waals surface area contributed by atoms with Crippen LogP contribution in [0.3, 0.4) is 0 Å². The summed E-state index contributed by atoms with van der Waals surface area (Å²) in [6.07, 6.45) is 4.55. The Kier molecular flexibility index (Phi) is 5.42. The number of hydrogen-bond acceptors (Lipinski definition) is 3. The van der Waals surface area contributed by atoms with E-state index in [4.69, 9.17) is 4.74 Å². The molecule has 126 valence electrons. The zero-order valence-corrected chi connectivity index (χ0v) is 14.1. The first-order valence-corrected chi connectivity index (χ1v) is 8.23. The third-order valence-electron chi connectivity index (χ3n) is 3.77. The van der Waals surface area contributed by atoms with E-state index in [1.807, 2.05) is 67.6 Å². The molecule has 0 aliphatic heterocycles. The van der Waals surface area contributed by atoms with E-state index < -0.39 is 0 Å². The molecule has 1 aromatic heterocycles. The average molecular weight is 332 g/mol. The molecule has 1 heterocycles. The highest BCUT2D eigenvalue weighted by Gasteiger charge is 2.09. The van der Waals surface area contributed by atoms with Gasteiger partial charge in [0, 0.05) is 18.8 Å². The van der Waals surface area contributed by atoms with Crippen molar-refractivity contribution in [2.45, 2.75) is 19.8 Å². The van der Waals surface area contributed by atoms with Gasteiger partial charge >= 0.3 is 0 Å². The Morgan fingerprint density at radius 2 is 1.84 bits per heavy atom. The number of benzene rings is 2. The maximum Gasteiger partial charge on any atom is 0.224 e. The van der Waals surface area contributed by atoms with Crippen LogP contribution >= 0.6 is 0 Å². The van der Waals surface area contributed by atoms with Crippen LogP contribution in [-0.4, -0.2) is 10.9 Å². The highest BCUT2D eigenvalue weighted by molar-refractivity contribution is 5.92. The molecule has 0 atom stereocenters. The summed E-state index contributed by atoms with van der Waals surface area (Å²) in [5, 5.41) is 2.93. The van der Waals surface area contributed by atoms with Crippen LogP contribution in [-0.2, 0) is 11.2 Å². The standard InChI is InChI=1S/C21H20N2O2/c1-16-8-11-18(12-9-16)25-20-7-3-2-6-19(20)23-21(24)13-10-17-5-4-14-22-15-17/h2-9,11-12,14-15H,10,13H2,1H3,(H,23,24). The van der Waals surface area contributed by atoms with Gasteiger partial charge in [0.2, 0.25) is 5.91 Å². The topological polar surface area (TPSA) is 51.2 Å². The third-order valence-corrected chi connectivity index (χ3v) is 3.77. The van der Waals surface area contributed by atoms with Gasteiger partial charge in [0.25, 0.3) is 0 Å². The summed E-state index contributed by atoms with van der Waals surface area (Å²) in [7, 11) is 0. The van der Waals surface area contributed by atoms with Gasteiger partial charge in [0.15, 0.2) is 5.75 Å². The van der Waals surface area contributed by atoms with E-state index in [1.54, 1.807) is 12.4 Å². The van der Waals surface area contributed by atoms with Crippen LogP contribution in [0.2, 0.25) is 0 Å². The molecule has 1 N–H and O–H groups in total. The molecule has 0 aliphatic rings. The number of para-hydroxylation sites is 2. The molecule has 3 aromatic rings. The van der Waals surface area contributed by atoms with Crippen LogP contribution < -0.4 is 10.1 Å². The Balaban J connectivity index is 1.64. The number of hydrogen-bond donors (Lipinski definition) is 1. The maximum absolute atomic E-state index is 12.2. The smallest absolute Gasteiger partial charge is 0.224 e. The number of ether oxygens (including phenoxy) is 1. The summed E-state index contributed by atoms with van der Waals surface area (Å²) in [4.78, 5) is 16.3. The molecule has 0 unspecified atom stereocenters. The van der Waals surface area contributed by atoms with E-state index in [-0.39, 0.29) is 5.91 Å². The van der Waals surface area contributed by atoms with Crippen LogP contribution in [0.5, 0.6) is 11.5 Å². The van der Waals surface area contributed by atoms with E-state index in [1.165, 1.54) is 5.56 Å². The van der Waals surface area contributed by atoms with Crippen molar-refractivity contribution in [3.63, 3.8) is 0 Å². The summed E-state index contributed by atoms with van der Waals surface area (Å²) in [6, 6.07) is 19.1. The lowest BCUT2D eigenvalue weighted by Gasteiger charge is -2.12. The van der Waals surface area contributed by atoms with Gasteiger partial charge in [0.1, 0.15) is 5.75 Å². The molecule has 0 saturated carbocycles. The highest BCUT2D eigenvalue weighted by atomic mass is 16.5. The predicted octanol–water partition coefficient (Wildman–Crippen LogP) is 4.75. The number of carbonyl (C=O) groups is 1. The molecule has 0 aliphatic carbocycles. The van der Waals surface area contributed by atoms with E-state index in [0.717, 1.165) is 11.3 Å². The van der Waals surface area contributed by atoms with Gasteiger partial charge in [-0.05, 0) is 49.2 Å². The van der Waals surface area contributed by atoms with Gasteiger partial charge in [-0.25, -0.2) is 0 Å². The summed E-state index contributed by atoms with van der Waals surface area (Å²) in [6.45, 7) is 2.03. The van der Waals surface area contributed by atoms with Gasteiger partial charge in [-0.15, -0.1) is 0 Å². The molecule has 25 heavy (non-hydrogen) atoms. The molecule has 2 aromatic carbocycles. The zero-order chi connectivity index (χ0) is 17.5.